The van der Waals surface area contributed by atoms with Crippen molar-refractivity contribution in [3.8, 4) is 6.07 Å². The minimum Gasteiger partial charge on any atom is -0.462 e. The van der Waals surface area contributed by atoms with E-state index in [1.54, 1.807) is 0 Å². The summed E-state index contributed by atoms with van der Waals surface area (Å²) < 4.78 is 19.3. The monoisotopic (exact) mass is 481 g/mol. The van der Waals surface area contributed by atoms with E-state index in [-0.39, 0.29) is 30.8 Å². The first kappa shape index (κ1) is 28.8. The second-order valence-electron chi connectivity index (χ2n) is 10.0. The molecule has 0 aliphatic carbocycles. The molecule has 1 aliphatic heterocycles. The van der Waals surface area contributed by atoms with E-state index in [1.165, 1.54) is 16.8 Å². The highest BCUT2D eigenvalue weighted by molar-refractivity contribution is 6.74. The maximum atomic E-state index is 12.4. The topological polar surface area (TPSA) is 155 Å². The van der Waals surface area contributed by atoms with Crippen molar-refractivity contribution in [1.29, 1.82) is 5.26 Å². The summed E-state index contributed by atoms with van der Waals surface area (Å²) in [6.07, 6.45) is -0.991. The highest BCUT2D eigenvalue weighted by Crippen LogP contribution is 2.43. The number of rotatable bonds is 7. The molecule has 1 saturated heterocycles. The van der Waals surface area contributed by atoms with Crippen molar-refractivity contribution in [2.75, 3.05) is 12.3 Å². The lowest BCUT2D eigenvalue weighted by Crippen LogP contribution is -2.49. The Morgan fingerprint density at radius 3 is 2.48 bits per heavy atom. The van der Waals surface area contributed by atoms with Crippen molar-refractivity contribution in [2.24, 2.45) is 17.6 Å². The van der Waals surface area contributed by atoms with Gasteiger partial charge in [0.2, 0.25) is 0 Å². The van der Waals surface area contributed by atoms with E-state index < -0.39 is 50.4 Å². The van der Waals surface area contributed by atoms with Gasteiger partial charge in [-0.15, -0.1) is 0 Å². The van der Waals surface area contributed by atoms with Crippen LogP contribution in [-0.2, 0) is 18.7 Å². The number of carbonyl (C=O) groups excluding carboxylic acids is 1. The Bertz CT molecular complexity index is 921. The first-order valence-corrected chi connectivity index (χ1v) is 13.6. The Balaban J connectivity index is 0.00000544. The minimum absolute atomic E-state index is 0. The number of anilines is 1. The van der Waals surface area contributed by atoms with Gasteiger partial charge in [0.1, 0.15) is 30.5 Å². The smallest absolute Gasteiger partial charge is 0.351 e. The summed E-state index contributed by atoms with van der Waals surface area (Å²) >= 11 is 0. The van der Waals surface area contributed by atoms with Crippen molar-refractivity contribution in [1.82, 2.24) is 9.55 Å². The van der Waals surface area contributed by atoms with Gasteiger partial charge in [0.25, 0.3) is 0 Å². The van der Waals surface area contributed by atoms with E-state index in [0.717, 1.165) is 0 Å². The Morgan fingerprint density at radius 2 is 2.00 bits per heavy atom. The lowest BCUT2D eigenvalue weighted by atomic mass is 10.0. The number of aromatic nitrogens is 2. The Kier molecular flexibility index (Phi) is 9.39. The Labute approximate surface area is 197 Å². The Morgan fingerprint density at radius 1 is 1.39 bits per heavy atom. The predicted molar refractivity (Wildman–Crippen MR) is 128 cm³/mol. The summed E-state index contributed by atoms with van der Waals surface area (Å²) in [7, 11) is -2.34. The molecule has 0 spiro atoms. The van der Waals surface area contributed by atoms with Crippen LogP contribution < -0.4 is 17.2 Å². The molecular formula is C22H39N5O5Si. The highest BCUT2D eigenvalue weighted by Gasteiger charge is 2.51. The molecule has 10 nitrogen and oxygen atoms in total. The van der Waals surface area contributed by atoms with Gasteiger partial charge in [-0.25, -0.2) is 4.79 Å². The summed E-state index contributed by atoms with van der Waals surface area (Å²) in [6.45, 7) is 13.9. The molecule has 33 heavy (non-hydrogen) atoms. The fourth-order valence-corrected chi connectivity index (χ4v) is 4.40. The lowest BCUT2D eigenvalue weighted by molar-refractivity contribution is -0.152. The van der Waals surface area contributed by atoms with Gasteiger partial charge in [0, 0.05) is 6.20 Å². The number of nitrogens with two attached hydrogens (primary N) is 2. The van der Waals surface area contributed by atoms with Gasteiger partial charge in [0.15, 0.2) is 14.5 Å². The molecule has 11 heteroatoms. The zero-order chi connectivity index (χ0) is 24.4. The van der Waals surface area contributed by atoms with Crippen LogP contribution in [-0.4, -0.2) is 48.7 Å². The third-order valence-electron chi connectivity index (χ3n) is 6.23. The molecule has 0 amide bonds. The van der Waals surface area contributed by atoms with Crippen LogP contribution in [0, 0.1) is 23.2 Å². The number of esters is 1. The zero-order valence-electron chi connectivity index (χ0n) is 19.9. The fraction of sp³-hybridized carbons (Fsp3) is 0.727. The van der Waals surface area contributed by atoms with Gasteiger partial charge in [0.05, 0.1) is 12.2 Å². The number of hydrogen-bond donors (Lipinski definition) is 2. The first-order valence-electron chi connectivity index (χ1n) is 10.7. The minimum atomic E-state index is -2.34. The van der Waals surface area contributed by atoms with Crippen molar-refractivity contribution in [3.63, 3.8) is 0 Å². The van der Waals surface area contributed by atoms with Gasteiger partial charge in [-0.2, -0.15) is 10.2 Å². The van der Waals surface area contributed by atoms with E-state index in [1.807, 2.05) is 13.8 Å². The molecule has 2 heterocycles. The maximum Gasteiger partial charge on any atom is 0.351 e. The van der Waals surface area contributed by atoms with Crippen LogP contribution in [0.5, 0.6) is 0 Å². The van der Waals surface area contributed by atoms with E-state index in [9.17, 15) is 14.9 Å². The lowest BCUT2D eigenvalue weighted by Gasteiger charge is -2.39. The molecule has 0 saturated carbocycles. The first-order chi connectivity index (χ1) is 14.7. The quantitative estimate of drug-likeness (QED) is 0.441. The largest absolute Gasteiger partial charge is 0.462 e. The molecule has 1 fully saturated rings. The van der Waals surface area contributed by atoms with Crippen LogP contribution in [0.3, 0.4) is 0 Å². The van der Waals surface area contributed by atoms with Gasteiger partial charge in [-0.1, -0.05) is 42.0 Å². The average molecular weight is 482 g/mol. The SMILES string of the molecule is C.CC(C)[C@H](N)C(=O)OC[C@H]1O[C@@H](n2ccc(N)nc2=O)[C@@H](C#N)[C@@H]1O[Si](C)(C)C(C)(C)C. The van der Waals surface area contributed by atoms with Crippen LogP contribution in [0.15, 0.2) is 17.1 Å². The van der Waals surface area contributed by atoms with E-state index in [2.05, 4.69) is 44.9 Å². The molecule has 5 atom stereocenters. The summed E-state index contributed by atoms with van der Waals surface area (Å²) in [5.41, 5.74) is 10.8. The second-order valence-corrected chi connectivity index (χ2v) is 14.8. The number of nitrogen functional groups attached to an aromatic ring is 1. The molecule has 1 aliphatic rings. The average Bonchev–Trinajstić information content (AvgIpc) is 3.00. The molecule has 0 radical (unpaired) electrons. The van der Waals surface area contributed by atoms with Crippen molar-refractivity contribution >= 4 is 20.1 Å². The molecule has 1 aromatic rings. The van der Waals surface area contributed by atoms with E-state index in [4.69, 9.17) is 25.4 Å². The van der Waals surface area contributed by atoms with Crippen molar-refractivity contribution < 1.29 is 18.7 Å². The Hall–Kier alpha value is -2.26. The van der Waals surface area contributed by atoms with Gasteiger partial charge in [-0.05, 0) is 30.1 Å². The normalized spacial score (nSPS) is 24.1. The number of carbonyl (C=O) groups is 1. The van der Waals surface area contributed by atoms with E-state index >= 15 is 0 Å². The van der Waals surface area contributed by atoms with Crippen molar-refractivity contribution in [3.05, 3.63) is 22.7 Å². The molecule has 0 aromatic carbocycles. The van der Waals surface area contributed by atoms with Gasteiger partial charge in [-0.3, -0.25) is 9.36 Å². The summed E-state index contributed by atoms with van der Waals surface area (Å²) in [5, 5.41) is 9.85. The molecule has 1 aromatic heterocycles. The molecule has 0 unspecified atom stereocenters. The number of nitriles is 1. The summed E-state index contributed by atoms with van der Waals surface area (Å²) in [4.78, 5) is 28.5. The highest BCUT2D eigenvalue weighted by atomic mass is 28.4. The van der Waals surface area contributed by atoms with Crippen LogP contribution in [0.25, 0.3) is 0 Å². The summed E-state index contributed by atoms with van der Waals surface area (Å²) in [5.74, 6) is -1.40. The molecule has 186 valence electrons. The zero-order valence-corrected chi connectivity index (χ0v) is 20.9. The molecular weight excluding hydrogens is 442 g/mol. The third kappa shape index (κ3) is 6.41. The summed E-state index contributed by atoms with van der Waals surface area (Å²) in [6, 6.07) is 2.91. The predicted octanol–water partition coefficient (Wildman–Crippen LogP) is 2.42. The van der Waals surface area contributed by atoms with E-state index in [0.29, 0.717) is 0 Å². The maximum absolute atomic E-state index is 12.4. The molecule has 2 rings (SSSR count). The van der Waals surface area contributed by atoms with Crippen LogP contribution in [0.2, 0.25) is 18.1 Å². The molecule has 4 N–H and O–H groups in total. The number of hydrogen-bond acceptors (Lipinski definition) is 9. The van der Waals surface area contributed by atoms with Crippen molar-refractivity contribution in [2.45, 2.75) is 84.7 Å². The molecule has 0 bridgehead atoms. The fourth-order valence-electron chi connectivity index (χ4n) is 3.06. The van der Waals surface area contributed by atoms with Crippen LogP contribution in [0.4, 0.5) is 5.82 Å². The number of nitrogens with zero attached hydrogens (tertiary/aromatic N) is 3. The third-order valence-corrected chi connectivity index (χ3v) is 10.7. The van der Waals surface area contributed by atoms with Gasteiger partial charge >= 0.3 is 11.7 Å². The number of ether oxygens (including phenoxy) is 2. The van der Waals surface area contributed by atoms with Crippen LogP contribution >= 0.6 is 0 Å². The van der Waals surface area contributed by atoms with Crippen LogP contribution in [0.1, 0.15) is 48.3 Å². The van der Waals surface area contributed by atoms with Gasteiger partial charge < -0.3 is 25.4 Å². The standard InChI is InChI=1S/C21H35N5O5Si.CH4/c1-12(2)16(24)19(27)29-11-14-17(31-32(6,7)21(3,4)5)13(10-22)18(30-14)26-9-8-15(23)25-20(26)28;/h8-9,12-14,16-18H,11,24H2,1-7H3,(H2,23,25,28);1H4/t13-,14+,16-,17-,18+;/m0./s1. The second kappa shape index (κ2) is 10.8.